The molecule has 0 aromatic carbocycles. The molecule has 1 aromatic rings. The monoisotopic (exact) mass is 681 g/mol. The number of hydrogen-bond donors (Lipinski definition) is 7. The number of carboxylic acid groups (broad SMARTS) is 1. The van der Waals surface area contributed by atoms with Gasteiger partial charge in [-0.15, -0.1) is 40.4 Å². The Kier molecular flexibility index (Phi) is 9.01. The minimum atomic E-state index is -1.54. The van der Waals surface area contributed by atoms with E-state index in [1.807, 2.05) is 12.3 Å². The van der Waals surface area contributed by atoms with E-state index in [9.17, 15) is 29.4 Å². The zero-order valence-electron chi connectivity index (χ0n) is 24.2. The van der Waals surface area contributed by atoms with Gasteiger partial charge in [-0.25, -0.2) is 20.8 Å². The molecule has 4 aliphatic heterocycles. The molecule has 21 heteroatoms. The number of carboxylic acids is 1. The number of aromatic nitrogens is 1. The summed E-state index contributed by atoms with van der Waals surface area (Å²) in [5.74, 6) is 3.05. The Labute approximate surface area is 268 Å². The zero-order valence-corrected chi connectivity index (χ0v) is 26.7. The third kappa shape index (κ3) is 6.31. The second kappa shape index (κ2) is 12.5. The molecule has 3 amide bonds. The summed E-state index contributed by atoms with van der Waals surface area (Å²) in [6, 6.07) is -0.964. The first kappa shape index (κ1) is 32.5. The molecule has 0 aliphatic carbocycles. The highest BCUT2D eigenvalue weighted by atomic mass is 32.2. The van der Waals surface area contributed by atoms with Gasteiger partial charge in [0.2, 0.25) is 11.5 Å². The number of amides is 3. The predicted octanol–water partition coefficient (Wildman–Crippen LogP) is -1.48. The van der Waals surface area contributed by atoms with E-state index in [1.165, 1.54) is 52.7 Å². The van der Waals surface area contributed by atoms with Crippen LogP contribution in [0.15, 0.2) is 38.7 Å². The number of aliphatic hydroxyl groups excluding tert-OH is 1. The summed E-state index contributed by atoms with van der Waals surface area (Å²) in [6.45, 7) is 4.24. The molecule has 2 saturated heterocycles. The molecule has 3 atom stereocenters. The first-order chi connectivity index (χ1) is 21.3. The number of allylic oxidation sites excluding steroid dienone is 1. The Morgan fingerprint density at radius 2 is 2.13 bits per heavy atom. The van der Waals surface area contributed by atoms with E-state index in [0.29, 0.717) is 16.6 Å². The summed E-state index contributed by atoms with van der Waals surface area (Å²) in [5.41, 5.74) is 8.31. The molecule has 4 aliphatic rings. The highest BCUT2D eigenvalue weighted by Gasteiger charge is 2.57. The molecule has 45 heavy (non-hydrogen) atoms. The number of nitrogen functional groups attached to an aromatic ring is 1. The van der Waals surface area contributed by atoms with Crippen LogP contribution in [0.5, 0.6) is 0 Å². The van der Waals surface area contributed by atoms with Gasteiger partial charge in [0.1, 0.15) is 29.3 Å². The molecule has 242 valence electrons. The number of nitrogens with zero attached hydrogens (tertiary/aromatic N) is 6. The molecular weight excluding hydrogens is 651 g/mol. The van der Waals surface area contributed by atoms with Crippen molar-refractivity contribution in [3.05, 3.63) is 34.2 Å². The van der Waals surface area contributed by atoms with Gasteiger partial charge in [-0.05, 0) is 26.8 Å². The van der Waals surface area contributed by atoms with Gasteiger partial charge in [0.05, 0.1) is 11.2 Å². The summed E-state index contributed by atoms with van der Waals surface area (Å²) in [6.07, 6.45) is 3.43. The Bertz CT molecular complexity index is 1540. The fraction of sp³-hybridized carbons (Fsp3) is 0.458. The third-order valence-corrected chi connectivity index (χ3v) is 10.7. The van der Waals surface area contributed by atoms with Crippen LogP contribution in [0, 0.1) is 5.41 Å². The maximum Gasteiger partial charge on any atom is 0.313 e. The molecular formula is C24H31N11O7S3. The number of carbonyl (C=O) groups excluding carboxylic acids is 3. The van der Waals surface area contributed by atoms with Crippen molar-refractivity contribution in [1.82, 2.24) is 36.2 Å². The van der Waals surface area contributed by atoms with Gasteiger partial charge in [-0.3, -0.25) is 29.6 Å². The smallest absolute Gasteiger partial charge is 0.313 e. The molecule has 5 rings (SSSR count). The number of β-lactam (4-membered cyclic amide) rings is 1. The van der Waals surface area contributed by atoms with E-state index in [2.05, 4.69) is 26.0 Å². The number of hydrazine groups is 3. The molecule has 2 fully saturated rings. The van der Waals surface area contributed by atoms with Gasteiger partial charge in [0, 0.05) is 29.1 Å². The quantitative estimate of drug-likeness (QED) is 0.0462. The second-order valence-electron chi connectivity index (χ2n) is 10.8. The molecule has 1 aromatic heterocycles. The van der Waals surface area contributed by atoms with Crippen LogP contribution >= 0.6 is 34.9 Å². The van der Waals surface area contributed by atoms with Gasteiger partial charge < -0.3 is 31.0 Å². The van der Waals surface area contributed by atoms with Gasteiger partial charge in [-0.2, -0.15) is 0 Å². The van der Waals surface area contributed by atoms with Crippen molar-refractivity contribution in [2.45, 2.75) is 37.8 Å². The summed E-state index contributed by atoms with van der Waals surface area (Å²) >= 11 is 3.59. The Balaban J connectivity index is 1.26. The first-order valence-electron chi connectivity index (χ1n) is 13.3. The van der Waals surface area contributed by atoms with Gasteiger partial charge in [-0.1, -0.05) is 5.16 Å². The number of aliphatic imine (C=N–C) groups is 1. The van der Waals surface area contributed by atoms with Crippen molar-refractivity contribution < 1.29 is 34.2 Å². The first-order valence-corrected chi connectivity index (χ1v) is 16.2. The molecule has 18 nitrogen and oxygen atoms in total. The maximum absolute atomic E-state index is 13.4. The van der Waals surface area contributed by atoms with Crippen LogP contribution in [0.4, 0.5) is 5.13 Å². The van der Waals surface area contributed by atoms with Crippen LogP contribution < -0.4 is 27.9 Å². The number of nitrogens with one attached hydrogen (secondary N) is 3. The number of nitrogens with two attached hydrogens (primary N) is 2. The lowest BCUT2D eigenvalue weighted by molar-refractivity contribution is -0.157. The average molecular weight is 682 g/mol. The van der Waals surface area contributed by atoms with Crippen molar-refractivity contribution >= 4 is 75.1 Å². The van der Waals surface area contributed by atoms with Crippen LogP contribution in [0.1, 0.15) is 26.5 Å². The van der Waals surface area contributed by atoms with E-state index >= 15 is 0 Å². The topological polar surface area (TPSA) is 253 Å². The Morgan fingerprint density at radius 1 is 1.38 bits per heavy atom. The van der Waals surface area contributed by atoms with Crippen molar-refractivity contribution in [3.8, 4) is 0 Å². The predicted molar refractivity (Wildman–Crippen MR) is 166 cm³/mol. The van der Waals surface area contributed by atoms with Crippen LogP contribution in [-0.2, 0) is 24.0 Å². The largest absolute Gasteiger partial charge is 0.481 e. The third-order valence-electron chi connectivity index (χ3n) is 7.13. The summed E-state index contributed by atoms with van der Waals surface area (Å²) in [7, 11) is 0. The SMILES string of the molecule is CC1=NC2=CN(CO)NN2C(SCC2(C(=O)O)CS[C@@H]3C(NC(=O)C(=NOC(C)(C)C(=O)NN)c4csc(N)n4)C(=O)N3C2)=C1. The lowest BCUT2D eigenvalue weighted by Gasteiger charge is -2.53. The summed E-state index contributed by atoms with van der Waals surface area (Å²) in [5, 5.41) is 31.2. The van der Waals surface area contributed by atoms with Crippen LogP contribution in [-0.4, -0.2) is 107 Å². The Hall–Kier alpha value is -3.89. The van der Waals surface area contributed by atoms with Crippen LogP contribution in [0.2, 0.25) is 0 Å². The fourth-order valence-corrected chi connectivity index (χ4v) is 8.06. The van der Waals surface area contributed by atoms with E-state index in [-0.39, 0.29) is 41.3 Å². The van der Waals surface area contributed by atoms with Crippen LogP contribution in [0.3, 0.4) is 0 Å². The van der Waals surface area contributed by atoms with Crippen molar-refractivity contribution in [2.75, 3.05) is 30.5 Å². The number of carbonyl (C=O) groups is 4. The average Bonchev–Trinajstić information content (AvgIpc) is 3.63. The lowest BCUT2D eigenvalue weighted by atomic mass is 9.89. The van der Waals surface area contributed by atoms with E-state index in [1.54, 1.807) is 17.3 Å². The second-order valence-corrected chi connectivity index (χ2v) is 13.8. The molecule has 0 spiro atoms. The minimum Gasteiger partial charge on any atom is -0.481 e. The Morgan fingerprint density at radius 3 is 2.78 bits per heavy atom. The van der Waals surface area contributed by atoms with Gasteiger partial charge >= 0.3 is 5.97 Å². The number of anilines is 1. The number of aliphatic hydroxyl groups is 1. The van der Waals surface area contributed by atoms with E-state index in [4.69, 9.17) is 16.4 Å². The molecule has 2 unspecified atom stereocenters. The van der Waals surface area contributed by atoms with Crippen molar-refractivity contribution in [3.63, 3.8) is 0 Å². The number of thioether (sulfide) groups is 2. The number of oxime groups is 1. The minimum absolute atomic E-state index is 0.0630. The number of aliphatic carboxylic acids is 1. The highest BCUT2D eigenvalue weighted by Crippen LogP contribution is 2.45. The normalized spacial score (nSPS) is 24.6. The molecule has 5 heterocycles. The number of thiazole rings is 1. The van der Waals surface area contributed by atoms with E-state index in [0.717, 1.165) is 11.3 Å². The standard InChI is InChI=1S/C24H31N11O7S3/c1-11-4-14(35-13(27-11)5-33(10-36)32-35)44-8-24(21(40)41)7-34-18(38)16(19(34)45-9-24)29-17(37)15(12-6-43-22(25)28-12)31-42-23(2,3)20(39)30-26/h4-6,16,19,32,36H,7-10,26H2,1-3H3,(H2,25,28)(H,29,37)(H,30,39)(H,40,41)/t16?,19-,24?/m1/s1. The van der Waals surface area contributed by atoms with Crippen molar-refractivity contribution in [1.29, 1.82) is 0 Å². The fourth-order valence-electron chi connectivity index (χ4n) is 4.59. The summed E-state index contributed by atoms with van der Waals surface area (Å²) in [4.78, 5) is 66.5. The maximum atomic E-state index is 13.4. The molecule has 0 radical (unpaired) electrons. The summed E-state index contributed by atoms with van der Waals surface area (Å²) < 4.78 is 0. The highest BCUT2D eigenvalue weighted by molar-refractivity contribution is 8.03. The molecule has 0 saturated carbocycles. The van der Waals surface area contributed by atoms with E-state index < -0.39 is 46.1 Å². The number of fused-ring (bicyclic) bond motifs is 2. The van der Waals surface area contributed by atoms with Gasteiger partial charge in [0.15, 0.2) is 16.7 Å². The van der Waals surface area contributed by atoms with Crippen LogP contribution in [0.25, 0.3) is 0 Å². The zero-order chi connectivity index (χ0) is 32.7. The number of hydrogen-bond acceptors (Lipinski definition) is 17. The molecule has 9 N–H and O–H groups in total. The lowest BCUT2D eigenvalue weighted by Crippen LogP contribution is -2.74. The van der Waals surface area contributed by atoms with Gasteiger partial charge in [0.25, 0.3) is 11.8 Å². The van der Waals surface area contributed by atoms with Crippen molar-refractivity contribution in [2.24, 2.45) is 21.4 Å². The number of rotatable bonds is 11. The molecule has 0 bridgehead atoms.